The van der Waals surface area contributed by atoms with Crippen LogP contribution in [0.15, 0.2) is 30.3 Å². The van der Waals surface area contributed by atoms with Gasteiger partial charge < -0.3 is 5.11 Å². The van der Waals surface area contributed by atoms with Gasteiger partial charge in [-0.2, -0.15) is 0 Å². The molecule has 2 nitrogen and oxygen atoms in total. The molecule has 0 bridgehead atoms. The Morgan fingerprint density at radius 2 is 1.93 bits per heavy atom. The fourth-order valence-corrected chi connectivity index (χ4v) is 0.877. The van der Waals surface area contributed by atoms with Crippen LogP contribution in [-0.2, 0) is 4.79 Å². The molecule has 1 rings (SSSR count). The van der Waals surface area contributed by atoms with E-state index in [-0.39, 0.29) is 5.24 Å². The third-order valence-electron chi connectivity index (χ3n) is 1.48. The Hall–Kier alpha value is -1.02. The Kier molecular flexibility index (Phi) is 7.95. The molecule has 0 aromatic heterocycles. The zero-order valence-electron chi connectivity index (χ0n) is 8.24. The molecule has 0 aliphatic rings. The zero-order chi connectivity index (χ0) is 10.8. The number of carbonyl (C=O) groups is 1. The van der Waals surface area contributed by atoms with Crippen LogP contribution in [0.3, 0.4) is 0 Å². The molecule has 1 aromatic rings. The van der Waals surface area contributed by atoms with Crippen molar-refractivity contribution in [2.45, 2.75) is 26.2 Å². The lowest BCUT2D eigenvalue weighted by Gasteiger charge is -1.84. The van der Waals surface area contributed by atoms with Gasteiger partial charge in [0.1, 0.15) is 5.75 Å². The summed E-state index contributed by atoms with van der Waals surface area (Å²) < 4.78 is 0. The van der Waals surface area contributed by atoms with Crippen molar-refractivity contribution < 1.29 is 9.90 Å². The summed E-state index contributed by atoms with van der Waals surface area (Å²) in [5.74, 6) is 0.322. The van der Waals surface area contributed by atoms with Crippen LogP contribution in [0.4, 0.5) is 0 Å². The number of halogens is 1. The number of para-hydroxylation sites is 1. The standard InChI is InChI=1S/C6H6O.C5H9ClO/c7-6-4-2-1-3-5-6;1-2-3-4-5(6)7/h1-5,7H;2-4H2,1H3. The van der Waals surface area contributed by atoms with Crippen molar-refractivity contribution in [2.24, 2.45) is 0 Å². The maximum atomic E-state index is 9.97. The SMILES string of the molecule is CCCCC(=O)Cl.Oc1ccccc1. The lowest BCUT2D eigenvalue weighted by atomic mass is 10.3. The van der Waals surface area contributed by atoms with Gasteiger partial charge in [0, 0.05) is 6.42 Å². The molecule has 0 aliphatic carbocycles. The third-order valence-corrected chi connectivity index (χ3v) is 1.67. The van der Waals surface area contributed by atoms with Crippen molar-refractivity contribution in [3.05, 3.63) is 30.3 Å². The second kappa shape index (κ2) is 8.57. The van der Waals surface area contributed by atoms with Gasteiger partial charge in [-0.1, -0.05) is 31.5 Å². The van der Waals surface area contributed by atoms with E-state index in [0.29, 0.717) is 12.2 Å². The van der Waals surface area contributed by atoms with Gasteiger partial charge in [0.2, 0.25) is 5.24 Å². The fraction of sp³-hybridized carbons (Fsp3) is 0.364. The van der Waals surface area contributed by atoms with Crippen molar-refractivity contribution in [1.82, 2.24) is 0 Å². The van der Waals surface area contributed by atoms with E-state index >= 15 is 0 Å². The highest BCUT2D eigenvalue weighted by Gasteiger charge is 1.90. The predicted octanol–water partition coefficient (Wildman–Crippen LogP) is 3.33. The number of carbonyl (C=O) groups excluding carboxylic acids is 1. The smallest absolute Gasteiger partial charge is 0.221 e. The van der Waals surface area contributed by atoms with Gasteiger partial charge in [-0.25, -0.2) is 0 Å². The first-order valence-corrected chi connectivity index (χ1v) is 4.97. The average molecular weight is 215 g/mol. The molecule has 1 aromatic carbocycles. The fourth-order valence-electron chi connectivity index (χ4n) is 0.744. The van der Waals surface area contributed by atoms with Crippen LogP contribution >= 0.6 is 11.6 Å². The molecular weight excluding hydrogens is 200 g/mol. The second-order valence-electron chi connectivity index (χ2n) is 2.79. The van der Waals surface area contributed by atoms with E-state index in [1.807, 2.05) is 13.0 Å². The minimum absolute atomic E-state index is 0.221. The molecule has 0 fully saturated rings. The van der Waals surface area contributed by atoms with Gasteiger partial charge in [0.15, 0.2) is 0 Å². The summed E-state index contributed by atoms with van der Waals surface area (Å²) >= 11 is 5.02. The van der Waals surface area contributed by atoms with E-state index in [9.17, 15) is 4.79 Å². The van der Waals surface area contributed by atoms with Crippen LogP contribution in [0.25, 0.3) is 0 Å². The predicted molar refractivity (Wildman–Crippen MR) is 58.5 cm³/mol. The molecule has 78 valence electrons. The summed E-state index contributed by atoms with van der Waals surface area (Å²) in [4.78, 5) is 9.97. The summed E-state index contributed by atoms with van der Waals surface area (Å²) in [6.45, 7) is 2.03. The lowest BCUT2D eigenvalue weighted by molar-refractivity contribution is -0.111. The van der Waals surface area contributed by atoms with Crippen molar-refractivity contribution >= 4 is 16.8 Å². The lowest BCUT2D eigenvalue weighted by Crippen LogP contribution is -1.82. The highest BCUT2D eigenvalue weighted by molar-refractivity contribution is 6.63. The van der Waals surface area contributed by atoms with Gasteiger partial charge in [0.05, 0.1) is 0 Å². The van der Waals surface area contributed by atoms with Crippen LogP contribution in [-0.4, -0.2) is 10.3 Å². The van der Waals surface area contributed by atoms with E-state index in [1.54, 1.807) is 24.3 Å². The van der Waals surface area contributed by atoms with E-state index in [4.69, 9.17) is 16.7 Å². The topological polar surface area (TPSA) is 37.3 Å². The number of hydrogen-bond acceptors (Lipinski definition) is 2. The number of phenolic OH excluding ortho intramolecular Hbond substituents is 1. The van der Waals surface area contributed by atoms with Crippen molar-refractivity contribution in [1.29, 1.82) is 0 Å². The quantitative estimate of drug-likeness (QED) is 0.784. The minimum Gasteiger partial charge on any atom is -0.508 e. The van der Waals surface area contributed by atoms with Crippen molar-refractivity contribution in [3.8, 4) is 5.75 Å². The first kappa shape index (κ1) is 13.0. The Balaban J connectivity index is 0.000000241. The Labute approximate surface area is 89.5 Å². The van der Waals surface area contributed by atoms with Crippen LogP contribution in [0.2, 0.25) is 0 Å². The normalized spacial score (nSPS) is 8.71. The van der Waals surface area contributed by atoms with Crippen molar-refractivity contribution in [2.75, 3.05) is 0 Å². The highest BCUT2D eigenvalue weighted by Crippen LogP contribution is 2.02. The molecule has 1 N–H and O–H groups in total. The van der Waals surface area contributed by atoms with Crippen LogP contribution in [0.5, 0.6) is 5.75 Å². The van der Waals surface area contributed by atoms with E-state index < -0.39 is 0 Å². The van der Waals surface area contributed by atoms with Crippen molar-refractivity contribution in [3.63, 3.8) is 0 Å². The van der Waals surface area contributed by atoms with E-state index in [0.717, 1.165) is 12.8 Å². The average Bonchev–Trinajstić information content (AvgIpc) is 2.17. The number of aromatic hydroxyl groups is 1. The summed E-state index contributed by atoms with van der Waals surface area (Å²) in [6, 6.07) is 8.71. The molecular formula is C11H15ClO2. The molecule has 14 heavy (non-hydrogen) atoms. The molecule has 0 atom stereocenters. The molecule has 0 spiro atoms. The number of rotatable bonds is 3. The van der Waals surface area contributed by atoms with E-state index in [1.165, 1.54) is 0 Å². The maximum absolute atomic E-state index is 9.97. The number of benzene rings is 1. The molecule has 0 unspecified atom stereocenters. The van der Waals surface area contributed by atoms with Crippen LogP contribution in [0.1, 0.15) is 26.2 Å². The molecule has 3 heteroatoms. The summed E-state index contributed by atoms with van der Waals surface area (Å²) in [5, 5.41) is 8.41. The molecule has 0 radical (unpaired) electrons. The molecule has 0 amide bonds. The van der Waals surface area contributed by atoms with Gasteiger partial charge in [-0.05, 0) is 30.2 Å². The Morgan fingerprint density at radius 3 is 2.14 bits per heavy atom. The largest absolute Gasteiger partial charge is 0.508 e. The molecule has 0 saturated carbocycles. The molecule has 0 saturated heterocycles. The summed E-state index contributed by atoms with van der Waals surface area (Å²) in [7, 11) is 0. The Bertz CT molecular complexity index is 247. The number of unbranched alkanes of at least 4 members (excludes halogenated alkanes) is 1. The number of hydrogen-bond donors (Lipinski definition) is 1. The molecule has 0 aliphatic heterocycles. The van der Waals surface area contributed by atoms with Crippen LogP contribution < -0.4 is 0 Å². The molecule has 0 heterocycles. The monoisotopic (exact) mass is 214 g/mol. The van der Waals surface area contributed by atoms with Gasteiger partial charge in [0.25, 0.3) is 0 Å². The van der Waals surface area contributed by atoms with E-state index in [2.05, 4.69) is 0 Å². The number of phenols is 1. The highest BCUT2D eigenvalue weighted by atomic mass is 35.5. The zero-order valence-corrected chi connectivity index (χ0v) is 9.00. The van der Waals surface area contributed by atoms with Gasteiger partial charge in [-0.15, -0.1) is 0 Å². The summed E-state index contributed by atoms with van der Waals surface area (Å²) in [5.41, 5.74) is 0. The Morgan fingerprint density at radius 1 is 1.36 bits per heavy atom. The first-order valence-electron chi connectivity index (χ1n) is 4.59. The van der Waals surface area contributed by atoms with Gasteiger partial charge in [-0.3, -0.25) is 4.79 Å². The summed E-state index contributed by atoms with van der Waals surface area (Å²) in [6.07, 6.45) is 2.48. The minimum atomic E-state index is -0.221. The van der Waals surface area contributed by atoms with Crippen LogP contribution in [0, 0.1) is 0 Å². The maximum Gasteiger partial charge on any atom is 0.221 e. The van der Waals surface area contributed by atoms with Gasteiger partial charge >= 0.3 is 0 Å². The first-order chi connectivity index (χ1) is 6.66. The third kappa shape index (κ3) is 9.07. The second-order valence-corrected chi connectivity index (χ2v) is 3.22.